The molecule has 1 fully saturated rings. The van der Waals surface area contributed by atoms with Gasteiger partial charge in [-0.1, -0.05) is 11.6 Å². The predicted octanol–water partition coefficient (Wildman–Crippen LogP) is 1.06. The van der Waals surface area contributed by atoms with Gasteiger partial charge in [-0.3, -0.25) is 14.5 Å². The highest BCUT2D eigenvalue weighted by atomic mass is 35.5. The molecule has 1 unspecified atom stereocenters. The van der Waals surface area contributed by atoms with E-state index in [1.165, 1.54) is 0 Å². The number of nitrogens with one attached hydrogen (secondary N) is 1. The standard InChI is InChI=1S/C14H19ClN4O2/c1-14(13(17)21)4-5-19(8-14)7-12(20)18-9-2-3-10(15)11(16)6-9/h2-3,6H,4-5,7-8,16H2,1H3,(H2,17,21)(H,18,20). The van der Waals surface area contributed by atoms with Crippen LogP contribution in [0.5, 0.6) is 0 Å². The number of hydrogen-bond acceptors (Lipinski definition) is 4. The Morgan fingerprint density at radius 3 is 2.76 bits per heavy atom. The van der Waals surface area contributed by atoms with Gasteiger partial charge in [-0.05, 0) is 38.1 Å². The number of amides is 2. The number of primary amides is 1. The zero-order valence-corrected chi connectivity index (χ0v) is 12.6. The van der Waals surface area contributed by atoms with Gasteiger partial charge in [0.2, 0.25) is 11.8 Å². The Hall–Kier alpha value is -1.79. The number of nitrogens with zero attached hydrogens (tertiary/aromatic N) is 1. The third-order valence-corrected chi connectivity index (χ3v) is 4.14. The Morgan fingerprint density at radius 2 is 2.19 bits per heavy atom. The van der Waals surface area contributed by atoms with Gasteiger partial charge in [0.15, 0.2) is 0 Å². The van der Waals surface area contributed by atoms with Crippen molar-refractivity contribution in [1.29, 1.82) is 0 Å². The molecular weight excluding hydrogens is 292 g/mol. The predicted molar refractivity (Wildman–Crippen MR) is 82.9 cm³/mol. The average Bonchev–Trinajstić information content (AvgIpc) is 2.77. The number of carbonyl (C=O) groups is 2. The lowest BCUT2D eigenvalue weighted by Crippen LogP contribution is -2.39. The van der Waals surface area contributed by atoms with E-state index in [0.29, 0.717) is 35.9 Å². The van der Waals surface area contributed by atoms with Crippen LogP contribution in [-0.2, 0) is 9.59 Å². The van der Waals surface area contributed by atoms with Crippen molar-refractivity contribution in [3.63, 3.8) is 0 Å². The van der Waals surface area contributed by atoms with Crippen LogP contribution in [0.25, 0.3) is 0 Å². The SMILES string of the molecule is CC1(C(N)=O)CCN(CC(=O)Nc2ccc(Cl)c(N)c2)C1. The van der Waals surface area contributed by atoms with Crippen molar-refractivity contribution in [2.24, 2.45) is 11.1 Å². The van der Waals surface area contributed by atoms with Gasteiger partial charge in [0.25, 0.3) is 0 Å². The van der Waals surface area contributed by atoms with E-state index in [1.54, 1.807) is 18.2 Å². The number of carbonyl (C=O) groups excluding carboxylic acids is 2. The summed E-state index contributed by atoms with van der Waals surface area (Å²) in [5.41, 5.74) is 11.5. The quantitative estimate of drug-likeness (QED) is 0.724. The number of halogens is 1. The first-order valence-electron chi connectivity index (χ1n) is 6.67. The van der Waals surface area contributed by atoms with Crippen molar-refractivity contribution in [1.82, 2.24) is 4.90 Å². The van der Waals surface area contributed by atoms with Crippen LogP contribution in [0.15, 0.2) is 18.2 Å². The van der Waals surface area contributed by atoms with Gasteiger partial charge in [0, 0.05) is 12.2 Å². The second-order valence-electron chi connectivity index (χ2n) is 5.67. The van der Waals surface area contributed by atoms with Gasteiger partial charge < -0.3 is 16.8 Å². The van der Waals surface area contributed by atoms with Crippen LogP contribution in [-0.4, -0.2) is 36.3 Å². The van der Waals surface area contributed by atoms with Crippen LogP contribution in [0, 0.1) is 5.41 Å². The summed E-state index contributed by atoms with van der Waals surface area (Å²) in [6.45, 7) is 3.21. The normalized spacial score (nSPS) is 22.2. The summed E-state index contributed by atoms with van der Waals surface area (Å²) in [7, 11) is 0. The fraction of sp³-hybridized carbons (Fsp3) is 0.429. The summed E-state index contributed by atoms with van der Waals surface area (Å²) in [4.78, 5) is 25.3. The van der Waals surface area contributed by atoms with Crippen LogP contribution in [0.4, 0.5) is 11.4 Å². The van der Waals surface area contributed by atoms with Crippen molar-refractivity contribution in [3.8, 4) is 0 Å². The van der Waals surface area contributed by atoms with Gasteiger partial charge in [0.05, 0.1) is 22.7 Å². The van der Waals surface area contributed by atoms with Crippen LogP contribution >= 0.6 is 11.6 Å². The highest BCUT2D eigenvalue weighted by molar-refractivity contribution is 6.33. The fourth-order valence-electron chi connectivity index (χ4n) is 2.42. The highest BCUT2D eigenvalue weighted by Gasteiger charge is 2.39. The molecule has 0 spiro atoms. The summed E-state index contributed by atoms with van der Waals surface area (Å²) in [5.74, 6) is -0.485. The fourth-order valence-corrected chi connectivity index (χ4v) is 2.54. The van der Waals surface area contributed by atoms with Crippen molar-refractivity contribution >= 4 is 34.8 Å². The number of likely N-dealkylation sites (tertiary alicyclic amines) is 1. The second-order valence-corrected chi connectivity index (χ2v) is 6.08. The van der Waals surface area contributed by atoms with Gasteiger partial charge in [-0.15, -0.1) is 0 Å². The summed E-state index contributed by atoms with van der Waals surface area (Å²) < 4.78 is 0. The molecule has 0 aromatic heterocycles. The molecule has 1 aromatic carbocycles. The number of benzene rings is 1. The second kappa shape index (κ2) is 5.91. The highest BCUT2D eigenvalue weighted by Crippen LogP contribution is 2.29. The minimum Gasteiger partial charge on any atom is -0.397 e. The average molecular weight is 311 g/mol. The molecule has 1 aliphatic rings. The van der Waals surface area contributed by atoms with Crippen LogP contribution in [0.1, 0.15) is 13.3 Å². The molecule has 1 aliphatic heterocycles. The molecule has 6 nitrogen and oxygen atoms in total. The summed E-state index contributed by atoms with van der Waals surface area (Å²) in [6.07, 6.45) is 0.670. The van der Waals surface area contributed by atoms with E-state index in [9.17, 15) is 9.59 Å². The number of nitrogens with two attached hydrogens (primary N) is 2. The number of anilines is 2. The van der Waals surface area contributed by atoms with E-state index in [-0.39, 0.29) is 18.4 Å². The lowest BCUT2D eigenvalue weighted by molar-refractivity contribution is -0.126. The Kier molecular flexibility index (Phi) is 4.39. The monoisotopic (exact) mass is 310 g/mol. The molecule has 0 saturated carbocycles. The molecule has 2 rings (SSSR count). The van der Waals surface area contributed by atoms with E-state index in [4.69, 9.17) is 23.1 Å². The van der Waals surface area contributed by atoms with Gasteiger partial charge in [-0.25, -0.2) is 0 Å². The molecule has 1 saturated heterocycles. The first-order valence-corrected chi connectivity index (χ1v) is 7.05. The molecule has 2 amide bonds. The summed E-state index contributed by atoms with van der Waals surface area (Å²) in [5, 5.41) is 3.21. The summed E-state index contributed by atoms with van der Waals surface area (Å²) >= 11 is 5.83. The van der Waals surface area contributed by atoms with Crippen LogP contribution < -0.4 is 16.8 Å². The lowest BCUT2D eigenvalue weighted by Gasteiger charge is -2.20. The molecule has 114 valence electrons. The minimum atomic E-state index is -0.551. The van der Waals surface area contributed by atoms with E-state index < -0.39 is 5.41 Å². The lowest BCUT2D eigenvalue weighted by atomic mass is 9.89. The van der Waals surface area contributed by atoms with Gasteiger partial charge in [-0.2, -0.15) is 0 Å². The number of rotatable bonds is 4. The Bertz CT molecular complexity index is 578. The Morgan fingerprint density at radius 1 is 1.48 bits per heavy atom. The number of nitrogen functional groups attached to an aromatic ring is 1. The largest absolute Gasteiger partial charge is 0.397 e. The van der Waals surface area contributed by atoms with Gasteiger partial charge in [0.1, 0.15) is 0 Å². The van der Waals surface area contributed by atoms with E-state index in [0.717, 1.165) is 0 Å². The van der Waals surface area contributed by atoms with Crippen LogP contribution in [0.2, 0.25) is 5.02 Å². The third kappa shape index (κ3) is 3.65. The molecule has 1 atom stereocenters. The molecular formula is C14H19ClN4O2. The Labute approximate surface area is 128 Å². The molecule has 0 bridgehead atoms. The van der Waals surface area contributed by atoms with Crippen molar-refractivity contribution in [2.45, 2.75) is 13.3 Å². The first-order chi connectivity index (χ1) is 9.80. The molecule has 7 heteroatoms. The zero-order valence-electron chi connectivity index (χ0n) is 11.9. The molecule has 1 aromatic rings. The molecule has 0 aliphatic carbocycles. The third-order valence-electron chi connectivity index (χ3n) is 3.79. The maximum atomic E-state index is 12.0. The maximum absolute atomic E-state index is 12.0. The molecule has 21 heavy (non-hydrogen) atoms. The minimum absolute atomic E-state index is 0.162. The van der Waals surface area contributed by atoms with E-state index >= 15 is 0 Å². The Balaban J connectivity index is 1.91. The molecule has 0 radical (unpaired) electrons. The first kappa shape index (κ1) is 15.6. The van der Waals surface area contributed by atoms with Crippen LogP contribution in [0.3, 0.4) is 0 Å². The maximum Gasteiger partial charge on any atom is 0.238 e. The summed E-state index contributed by atoms with van der Waals surface area (Å²) in [6, 6.07) is 4.93. The zero-order chi connectivity index (χ0) is 15.6. The van der Waals surface area contributed by atoms with E-state index in [1.807, 2.05) is 11.8 Å². The van der Waals surface area contributed by atoms with Gasteiger partial charge >= 0.3 is 0 Å². The van der Waals surface area contributed by atoms with E-state index in [2.05, 4.69) is 5.32 Å². The van der Waals surface area contributed by atoms with Crippen molar-refractivity contribution < 1.29 is 9.59 Å². The number of hydrogen-bond donors (Lipinski definition) is 3. The molecule has 5 N–H and O–H groups in total. The van der Waals surface area contributed by atoms with Crippen molar-refractivity contribution in [2.75, 3.05) is 30.7 Å². The van der Waals surface area contributed by atoms with Crippen molar-refractivity contribution in [3.05, 3.63) is 23.2 Å². The smallest absolute Gasteiger partial charge is 0.238 e. The molecule has 1 heterocycles. The topological polar surface area (TPSA) is 101 Å².